The van der Waals surface area contributed by atoms with Crippen molar-refractivity contribution in [3.63, 3.8) is 0 Å². The molecule has 2 aromatic rings. The maximum Gasteiger partial charge on any atom is 0.234 e. The number of amides is 2. The van der Waals surface area contributed by atoms with Crippen molar-refractivity contribution < 1.29 is 9.59 Å². The molecule has 0 aliphatic carbocycles. The molecule has 0 unspecified atom stereocenters. The number of carbonyl (C=O) groups excluding carboxylic acids is 2. The summed E-state index contributed by atoms with van der Waals surface area (Å²) in [5, 5.41) is 5.52. The van der Waals surface area contributed by atoms with Gasteiger partial charge in [0.05, 0.1) is 5.75 Å². The van der Waals surface area contributed by atoms with Crippen molar-refractivity contribution in [2.75, 3.05) is 22.1 Å². The number of hydrogen-bond acceptors (Lipinski definition) is 3. The van der Waals surface area contributed by atoms with Crippen molar-refractivity contribution in [2.24, 2.45) is 0 Å². The van der Waals surface area contributed by atoms with Crippen LogP contribution in [0.25, 0.3) is 6.08 Å². The van der Waals surface area contributed by atoms with Gasteiger partial charge in [-0.25, -0.2) is 0 Å². The van der Waals surface area contributed by atoms with Crippen LogP contribution in [0.5, 0.6) is 0 Å². The van der Waals surface area contributed by atoms with Gasteiger partial charge in [-0.1, -0.05) is 42.5 Å². The maximum atomic E-state index is 11.9. The van der Waals surface area contributed by atoms with E-state index in [0.29, 0.717) is 11.4 Å². The van der Waals surface area contributed by atoms with Gasteiger partial charge in [0.25, 0.3) is 0 Å². The molecule has 2 rings (SSSR count). The van der Waals surface area contributed by atoms with Gasteiger partial charge < -0.3 is 10.6 Å². The summed E-state index contributed by atoms with van der Waals surface area (Å²) in [5.41, 5.74) is 2.58. The lowest BCUT2D eigenvalue weighted by Crippen LogP contribution is -2.14. The lowest BCUT2D eigenvalue weighted by atomic mass is 10.2. The van der Waals surface area contributed by atoms with Gasteiger partial charge in [-0.3, -0.25) is 9.59 Å². The molecule has 0 saturated carbocycles. The predicted octanol–water partition coefficient (Wildman–Crippen LogP) is 4.03. The summed E-state index contributed by atoms with van der Waals surface area (Å²) in [6, 6.07) is 17.1. The summed E-state index contributed by atoms with van der Waals surface area (Å²) < 4.78 is 0. The SMILES string of the molecule is CC(=O)Nc1ccc(NC(=O)CSC/C=C/c2ccccc2)cc1. The Morgan fingerprint density at radius 1 is 0.958 bits per heavy atom. The Morgan fingerprint density at radius 2 is 1.58 bits per heavy atom. The van der Waals surface area contributed by atoms with Crippen LogP contribution in [0, 0.1) is 0 Å². The zero-order valence-corrected chi connectivity index (χ0v) is 14.3. The number of anilines is 2. The van der Waals surface area contributed by atoms with Crippen LogP contribution in [-0.2, 0) is 9.59 Å². The summed E-state index contributed by atoms with van der Waals surface area (Å²) in [4.78, 5) is 22.8. The van der Waals surface area contributed by atoms with E-state index in [4.69, 9.17) is 0 Å². The van der Waals surface area contributed by atoms with E-state index in [0.717, 1.165) is 17.0 Å². The smallest absolute Gasteiger partial charge is 0.234 e. The molecule has 0 aliphatic rings. The van der Waals surface area contributed by atoms with Gasteiger partial charge in [-0.2, -0.15) is 0 Å². The minimum Gasteiger partial charge on any atom is -0.326 e. The minimum absolute atomic E-state index is 0.0413. The van der Waals surface area contributed by atoms with Crippen LogP contribution in [0.3, 0.4) is 0 Å². The zero-order valence-electron chi connectivity index (χ0n) is 13.5. The molecule has 2 N–H and O–H groups in total. The summed E-state index contributed by atoms with van der Waals surface area (Å²) in [6.45, 7) is 1.46. The van der Waals surface area contributed by atoms with E-state index in [-0.39, 0.29) is 11.8 Å². The van der Waals surface area contributed by atoms with Gasteiger partial charge in [0.15, 0.2) is 0 Å². The van der Waals surface area contributed by atoms with Crippen molar-refractivity contribution in [3.05, 3.63) is 66.2 Å². The van der Waals surface area contributed by atoms with Crippen molar-refractivity contribution in [2.45, 2.75) is 6.92 Å². The third kappa shape index (κ3) is 6.71. The normalized spacial score (nSPS) is 10.5. The number of carbonyl (C=O) groups is 2. The predicted molar refractivity (Wildman–Crippen MR) is 102 cm³/mol. The molecular weight excluding hydrogens is 320 g/mol. The van der Waals surface area contributed by atoms with E-state index >= 15 is 0 Å². The van der Waals surface area contributed by atoms with Crippen LogP contribution in [-0.4, -0.2) is 23.3 Å². The Balaban J connectivity index is 1.69. The lowest BCUT2D eigenvalue weighted by Gasteiger charge is -2.06. The third-order valence-electron chi connectivity index (χ3n) is 3.05. The topological polar surface area (TPSA) is 58.2 Å². The van der Waals surface area contributed by atoms with Gasteiger partial charge in [0.2, 0.25) is 11.8 Å². The molecule has 5 heteroatoms. The molecule has 2 aromatic carbocycles. The van der Waals surface area contributed by atoms with Gasteiger partial charge in [0, 0.05) is 24.1 Å². The van der Waals surface area contributed by atoms with Gasteiger partial charge >= 0.3 is 0 Å². The van der Waals surface area contributed by atoms with E-state index in [1.807, 2.05) is 36.4 Å². The molecule has 0 aromatic heterocycles. The van der Waals surface area contributed by atoms with Crippen LogP contribution in [0.2, 0.25) is 0 Å². The van der Waals surface area contributed by atoms with Crippen LogP contribution in [0.4, 0.5) is 11.4 Å². The lowest BCUT2D eigenvalue weighted by molar-refractivity contribution is -0.114. The molecule has 0 radical (unpaired) electrons. The fourth-order valence-corrected chi connectivity index (χ4v) is 2.61. The number of thioether (sulfide) groups is 1. The number of hydrogen-bond donors (Lipinski definition) is 2. The second kappa shape index (κ2) is 9.57. The summed E-state index contributed by atoms with van der Waals surface area (Å²) in [7, 11) is 0. The number of nitrogens with one attached hydrogen (secondary N) is 2. The summed E-state index contributed by atoms with van der Waals surface area (Å²) >= 11 is 1.56. The first kappa shape index (κ1) is 17.8. The van der Waals surface area contributed by atoms with E-state index in [1.54, 1.807) is 36.0 Å². The quantitative estimate of drug-likeness (QED) is 0.748. The van der Waals surface area contributed by atoms with Crippen LogP contribution >= 0.6 is 11.8 Å². The zero-order chi connectivity index (χ0) is 17.2. The fraction of sp³-hybridized carbons (Fsp3) is 0.158. The molecule has 0 heterocycles. The average molecular weight is 340 g/mol. The molecule has 0 spiro atoms. The van der Waals surface area contributed by atoms with E-state index in [2.05, 4.69) is 16.7 Å². The molecule has 2 amide bonds. The highest BCUT2D eigenvalue weighted by Crippen LogP contribution is 2.14. The third-order valence-corrected chi connectivity index (χ3v) is 3.94. The molecule has 0 atom stereocenters. The number of benzene rings is 2. The Hall–Kier alpha value is -2.53. The maximum absolute atomic E-state index is 11.9. The van der Waals surface area contributed by atoms with E-state index in [1.165, 1.54) is 6.92 Å². The van der Waals surface area contributed by atoms with E-state index in [9.17, 15) is 9.59 Å². The van der Waals surface area contributed by atoms with Crippen molar-refractivity contribution in [3.8, 4) is 0 Å². The minimum atomic E-state index is -0.119. The summed E-state index contributed by atoms with van der Waals surface area (Å²) in [6.07, 6.45) is 4.10. The Kier molecular flexibility index (Phi) is 7.11. The molecule has 4 nitrogen and oxygen atoms in total. The van der Waals surface area contributed by atoms with Crippen LogP contribution in [0.15, 0.2) is 60.7 Å². The molecule has 124 valence electrons. The Morgan fingerprint density at radius 3 is 2.21 bits per heavy atom. The highest BCUT2D eigenvalue weighted by atomic mass is 32.2. The Labute approximate surface area is 146 Å². The molecule has 0 saturated heterocycles. The van der Waals surface area contributed by atoms with Crippen molar-refractivity contribution in [1.82, 2.24) is 0 Å². The molecular formula is C19H20N2O2S. The first-order valence-electron chi connectivity index (χ1n) is 7.60. The van der Waals surface area contributed by atoms with Gasteiger partial charge in [-0.15, -0.1) is 11.8 Å². The van der Waals surface area contributed by atoms with Crippen molar-refractivity contribution in [1.29, 1.82) is 0 Å². The first-order chi connectivity index (χ1) is 11.6. The standard InChI is InChI=1S/C19H20N2O2S/c1-15(22)20-17-9-11-18(12-10-17)21-19(23)14-24-13-5-8-16-6-3-2-4-7-16/h2-12H,13-14H2,1H3,(H,20,22)(H,21,23)/b8-5+. The fourth-order valence-electron chi connectivity index (χ4n) is 2.01. The largest absolute Gasteiger partial charge is 0.326 e. The molecule has 0 aliphatic heterocycles. The van der Waals surface area contributed by atoms with Crippen molar-refractivity contribution >= 4 is 41.0 Å². The second-order valence-electron chi connectivity index (χ2n) is 5.13. The number of rotatable bonds is 7. The van der Waals surface area contributed by atoms with Crippen LogP contribution in [0.1, 0.15) is 12.5 Å². The molecule has 0 bridgehead atoms. The monoisotopic (exact) mass is 340 g/mol. The highest BCUT2D eigenvalue weighted by Gasteiger charge is 2.02. The van der Waals surface area contributed by atoms with Gasteiger partial charge in [-0.05, 0) is 29.8 Å². The van der Waals surface area contributed by atoms with Crippen LogP contribution < -0.4 is 10.6 Å². The molecule has 24 heavy (non-hydrogen) atoms. The summed E-state index contributed by atoms with van der Waals surface area (Å²) in [5.74, 6) is 1.02. The average Bonchev–Trinajstić information content (AvgIpc) is 2.57. The van der Waals surface area contributed by atoms with E-state index < -0.39 is 0 Å². The first-order valence-corrected chi connectivity index (χ1v) is 8.76. The highest BCUT2D eigenvalue weighted by molar-refractivity contribution is 8.00. The Bertz CT molecular complexity index is 697. The second-order valence-corrected chi connectivity index (χ2v) is 6.17. The van der Waals surface area contributed by atoms with Gasteiger partial charge in [0.1, 0.15) is 0 Å². The molecule has 0 fully saturated rings.